The molecule has 1 aromatic rings. The quantitative estimate of drug-likeness (QED) is 0.517. The van der Waals surface area contributed by atoms with Crippen LogP contribution in [0.1, 0.15) is 0 Å². The van der Waals surface area contributed by atoms with Crippen molar-refractivity contribution in [3.63, 3.8) is 0 Å². The summed E-state index contributed by atoms with van der Waals surface area (Å²) in [5.41, 5.74) is 1.16. The fraction of sp³-hybridized carbons (Fsp3) is 0. The number of anilines is 1. The first-order valence-corrected chi connectivity index (χ1v) is 2.66. The van der Waals surface area contributed by atoms with E-state index in [-0.39, 0.29) is 0 Å². The largest absolute Gasteiger partial charge is 0.434 e. The monoisotopic (exact) mass is 105 g/mol. The SMILES string of the molecule is BNc1ccccc1. The second kappa shape index (κ2) is 2.41. The Bertz CT molecular complexity index is 150. The molecule has 0 fully saturated rings. The molecule has 40 valence electrons. The van der Waals surface area contributed by atoms with Crippen molar-refractivity contribution in [3.8, 4) is 0 Å². The van der Waals surface area contributed by atoms with Crippen LogP contribution < -0.4 is 5.23 Å². The minimum atomic E-state index is 1.16. The summed E-state index contributed by atoms with van der Waals surface area (Å²) in [6.07, 6.45) is 0. The molecular weight excluding hydrogens is 96.9 g/mol. The third kappa shape index (κ3) is 1.03. The van der Waals surface area contributed by atoms with Crippen LogP contribution in [-0.4, -0.2) is 7.98 Å². The van der Waals surface area contributed by atoms with Crippen LogP contribution in [0.15, 0.2) is 30.3 Å². The third-order valence-electron chi connectivity index (χ3n) is 1.06. The van der Waals surface area contributed by atoms with Gasteiger partial charge in [0, 0.05) is 5.69 Å². The fourth-order valence-corrected chi connectivity index (χ4v) is 0.605. The van der Waals surface area contributed by atoms with E-state index in [1.807, 2.05) is 38.3 Å². The van der Waals surface area contributed by atoms with Gasteiger partial charge in [0.1, 0.15) is 0 Å². The van der Waals surface area contributed by atoms with E-state index in [4.69, 9.17) is 0 Å². The van der Waals surface area contributed by atoms with Gasteiger partial charge in [-0.25, -0.2) is 0 Å². The van der Waals surface area contributed by atoms with Crippen LogP contribution in [0, 0.1) is 0 Å². The summed E-state index contributed by atoms with van der Waals surface area (Å²) in [5, 5.41) is 3.03. The lowest BCUT2D eigenvalue weighted by atomic mass is 10.3. The summed E-state index contributed by atoms with van der Waals surface area (Å²) >= 11 is 0. The van der Waals surface area contributed by atoms with Gasteiger partial charge in [0.25, 0.3) is 0 Å². The molecule has 0 saturated carbocycles. The minimum absolute atomic E-state index is 1.16. The molecule has 0 aromatic heterocycles. The number of hydrogen-bond acceptors (Lipinski definition) is 1. The first-order valence-electron chi connectivity index (χ1n) is 2.66. The topological polar surface area (TPSA) is 12.0 Å². The highest BCUT2D eigenvalue weighted by atomic mass is 14.7. The Morgan fingerprint density at radius 1 is 1.12 bits per heavy atom. The summed E-state index contributed by atoms with van der Waals surface area (Å²) < 4.78 is 0. The zero-order valence-electron chi connectivity index (χ0n) is 4.89. The molecule has 0 aliphatic heterocycles. The Morgan fingerprint density at radius 3 is 2.12 bits per heavy atom. The normalized spacial score (nSPS) is 8.50. The molecule has 0 amide bonds. The summed E-state index contributed by atoms with van der Waals surface area (Å²) in [6, 6.07) is 10.1. The maximum Gasteiger partial charge on any atom is 0.213 e. The molecule has 2 heteroatoms. The van der Waals surface area contributed by atoms with Gasteiger partial charge in [-0.05, 0) is 12.1 Å². The molecule has 0 aliphatic rings. The molecule has 1 rings (SSSR count). The molecule has 0 heterocycles. The Balaban J connectivity index is 2.83. The lowest BCUT2D eigenvalue weighted by Crippen LogP contribution is -1.87. The molecule has 0 aliphatic carbocycles. The van der Waals surface area contributed by atoms with Crippen molar-refractivity contribution in [3.05, 3.63) is 30.3 Å². The van der Waals surface area contributed by atoms with Crippen molar-refractivity contribution in [2.45, 2.75) is 0 Å². The Hall–Kier alpha value is -0.915. The highest BCUT2D eigenvalue weighted by Gasteiger charge is 1.77. The van der Waals surface area contributed by atoms with Gasteiger partial charge in [0.05, 0.1) is 0 Å². The van der Waals surface area contributed by atoms with Crippen LogP contribution >= 0.6 is 0 Å². The predicted molar refractivity (Wildman–Crippen MR) is 38.6 cm³/mol. The van der Waals surface area contributed by atoms with E-state index in [0.29, 0.717) is 0 Å². The lowest BCUT2D eigenvalue weighted by Gasteiger charge is -1.94. The summed E-state index contributed by atoms with van der Waals surface area (Å²) in [7, 11) is 1.91. The van der Waals surface area contributed by atoms with E-state index in [1.54, 1.807) is 0 Å². The smallest absolute Gasteiger partial charge is 0.213 e. The Labute approximate surface area is 50.2 Å². The van der Waals surface area contributed by atoms with Gasteiger partial charge in [-0.1, -0.05) is 18.2 Å². The molecule has 0 saturated heterocycles. The standard InChI is InChI=1S/C6H8BN/c7-8-6-4-2-1-3-5-6/h1-5,8H,7H2. The fourth-order valence-electron chi connectivity index (χ4n) is 0.605. The van der Waals surface area contributed by atoms with Crippen LogP contribution in [0.2, 0.25) is 0 Å². The van der Waals surface area contributed by atoms with Gasteiger partial charge in [-0.2, -0.15) is 0 Å². The molecule has 0 spiro atoms. The van der Waals surface area contributed by atoms with Crippen molar-refractivity contribution >= 4 is 13.7 Å². The Kier molecular flexibility index (Phi) is 1.57. The first kappa shape index (κ1) is 5.23. The van der Waals surface area contributed by atoms with Crippen molar-refractivity contribution < 1.29 is 0 Å². The van der Waals surface area contributed by atoms with E-state index in [2.05, 4.69) is 5.23 Å². The van der Waals surface area contributed by atoms with Gasteiger partial charge >= 0.3 is 0 Å². The zero-order chi connectivity index (χ0) is 5.82. The van der Waals surface area contributed by atoms with E-state index < -0.39 is 0 Å². The zero-order valence-corrected chi connectivity index (χ0v) is 4.89. The lowest BCUT2D eigenvalue weighted by molar-refractivity contribution is 1.68. The van der Waals surface area contributed by atoms with E-state index in [1.165, 1.54) is 0 Å². The molecule has 1 N–H and O–H groups in total. The van der Waals surface area contributed by atoms with Gasteiger partial charge < -0.3 is 5.23 Å². The molecular formula is C6H8BN. The minimum Gasteiger partial charge on any atom is -0.434 e. The highest BCUT2D eigenvalue weighted by Crippen LogP contribution is 2.01. The molecule has 8 heavy (non-hydrogen) atoms. The van der Waals surface area contributed by atoms with Crippen LogP contribution in [0.25, 0.3) is 0 Å². The third-order valence-corrected chi connectivity index (χ3v) is 1.06. The molecule has 0 unspecified atom stereocenters. The average molecular weight is 105 g/mol. The van der Waals surface area contributed by atoms with Crippen LogP contribution in [0.4, 0.5) is 5.69 Å². The van der Waals surface area contributed by atoms with Crippen LogP contribution in [-0.2, 0) is 0 Å². The van der Waals surface area contributed by atoms with Crippen LogP contribution in [0.3, 0.4) is 0 Å². The number of nitrogens with one attached hydrogen (secondary N) is 1. The van der Waals surface area contributed by atoms with Crippen molar-refractivity contribution in [1.29, 1.82) is 0 Å². The van der Waals surface area contributed by atoms with Crippen molar-refractivity contribution in [1.82, 2.24) is 0 Å². The number of benzene rings is 1. The van der Waals surface area contributed by atoms with Gasteiger partial charge in [-0.15, -0.1) is 0 Å². The van der Waals surface area contributed by atoms with E-state index in [9.17, 15) is 0 Å². The number of rotatable bonds is 1. The summed E-state index contributed by atoms with van der Waals surface area (Å²) in [4.78, 5) is 0. The second-order valence-corrected chi connectivity index (χ2v) is 1.62. The first-order chi connectivity index (χ1) is 3.93. The number of hydrogen-bond donors (Lipinski definition) is 1. The summed E-state index contributed by atoms with van der Waals surface area (Å²) in [5.74, 6) is 0. The van der Waals surface area contributed by atoms with Crippen LogP contribution in [0.5, 0.6) is 0 Å². The van der Waals surface area contributed by atoms with E-state index >= 15 is 0 Å². The summed E-state index contributed by atoms with van der Waals surface area (Å²) in [6.45, 7) is 0. The average Bonchev–Trinajstić information content (AvgIpc) is 1.90. The maximum atomic E-state index is 3.03. The van der Waals surface area contributed by atoms with Gasteiger partial charge in [0.15, 0.2) is 0 Å². The number of para-hydroxylation sites is 1. The molecule has 0 atom stereocenters. The maximum absolute atomic E-state index is 3.03. The second-order valence-electron chi connectivity index (χ2n) is 1.62. The molecule has 0 bridgehead atoms. The Morgan fingerprint density at radius 2 is 1.75 bits per heavy atom. The van der Waals surface area contributed by atoms with Crippen molar-refractivity contribution in [2.24, 2.45) is 0 Å². The predicted octanol–water partition coefficient (Wildman–Crippen LogP) is 0.647. The molecule has 0 radical (unpaired) electrons. The highest BCUT2D eigenvalue weighted by molar-refractivity contribution is 6.15. The molecule has 1 nitrogen and oxygen atoms in total. The van der Waals surface area contributed by atoms with Gasteiger partial charge in [-0.3, -0.25) is 0 Å². The van der Waals surface area contributed by atoms with Crippen molar-refractivity contribution in [2.75, 3.05) is 5.23 Å². The molecule has 1 aromatic carbocycles. The van der Waals surface area contributed by atoms with Gasteiger partial charge in [0.2, 0.25) is 7.98 Å². The van der Waals surface area contributed by atoms with E-state index in [0.717, 1.165) is 5.69 Å².